The van der Waals surface area contributed by atoms with Crippen LogP contribution in [0.1, 0.15) is 29.4 Å². The molecule has 2 aromatic rings. The number of rotatable bonds is 6. The number of likely N-dealkylation sites (N-methyl/N-ethyl adjacent to an activating group) is 1. The van der Waals surface area contributed by atoms with Crippen LogP contribution in [-0.4, -0.2) is 38.0 Å². The van der Waals surface area contributed by atoms with Gasteiger partial charge in [-0.3, -0.25) is 4.79 Å². The van der Waals surface area contributed by atoms with Crippen LogP contribution in [0.25, 0.3) is 0 Å². The van der Waals surface area contributed by atoms with Crippen LogP contribution in [-0.2, 0) is 4.79 Å². The van der Waals surface area contributed by atoms with E-state index in [0.717, 1.165) is 17.7 Å². The van der Waals surface area contributed by atoms with Crippen LogP contribution in [0.4, 0.5) is 8.78 Å². The molecule has 0 radical (unpaired) electrons. The van der Waals surface area contributed by atoms with Crippen molar-refractivity contribution in [3.63, 3.8) is 0 Å². The first-order chi connectivity index (χ1) is 13.3. The maximum absolute atomic E-state index is 14.0. The average molecular weight is 516 g/mol. The van der Waals surface area contributed by atoms with E-state index >= 15 is 0 Å². The fourth-order valence-electron chi connectivity index (χ4n) is 3.71. The minimum Gasteiger partial charge on any atom is -0.355 e. The molecular formula is C21H22Br2F2N2O. The second kappa shape index (κ2) is 9.01. The average Bonchev–Trinajstić information content (AvgIpc) is 2.60. The molecule has 0 heterocycles. The Bertz CT molecular complexity index is 818. The fourth-order valence-corrected chi connectivity index (χ4v) is 4.20. The smallest absolute Gasteiger partial charge is 0.224 e. The second-order valence-corrected chi connectivity index (χ2v) is 9.12. The number of amides is 1. The fraction of sp³-hybridized carbons (Fsp3) is 0.381. The van der Waals surface area contributed by atoms with Gasteiger partial charge in [0.15, 0.2) is 0 Å². The lowest BCUT2D eigenvalue weighted by atomic mass is 9.59. The summed E-state index contributed by atoms with van der Waals surface area (Å²) in [4.78, 5) is 14.9. The van der Waals surface area contributed by atoms with E-state index < -0.39 is 0 Å². The molecule has 0 aliphatic heterocycles. The molecule has 1 unspecified atom stereocenters. The summed E-state index contributed by atoms with van der Waals surface area (Å²) in [6.07, 6.45) is 0.675. The monoisotopic (exact) mass is 514 g/mol. The molecule has 3 rings (SSSR count). The standard InChI is InChI=1S/C21H22Br2F2N2O/c1-27(2)8-7-26-21(28)20-14(12-3-5-16(22)18(24)9-12)11-15(20)13-4-6-17(23)19(25)10-13/h3-6,9-10,14-15,20H,7-8,11H2,1-2H3,(H,26,28)/t14-,15+,20?. The molecule has 1 N–H and O–H groups in total. The zero-order valence-electron chi connectivity index (χ0n) is 15.7. The molecule has 1 amide bonds. The van der Waals surface area contributed by atoms with Gasteiger partial charge in [0.2, 0.25) is 5.91 Å². The molecule has 1 saturated carbocycles. The Balaban J connectivity index is 1.85. The molecule has 150 valence electrons. The molecule has 1 fully saturated rings. The third-order valence-electron chi connectivity index (χ3n) is 5.28. The first-order valence-electron chi connectivity index (χ1n) is 9.10. The van der Waals surface area contributed by atoms with Crippen LogP contribution < -0.4 is 5.32 Å². The predicted molar refractivity (Wildman–Crippen MR) is 113 cm³/mol. The Morgan fingerprint density at radius 1 is 1.04 bits per heavy atom. The number of carbonyl (C=O) groups excluding carboxylic acids is 1. The van der Waals surface area contributed by atoms with Crippen LogP contribution in [0, 0.1) is 17.6 Å². The van der Waals surface area contributed by atoms with E-state index in [-0.39, 0.29) is 35.3 Å². The highest BCUT2D eigenvalue weighted by Crippen LogP contribution is 2.53. The van der Waals surface area contributed by atoms with Gasteiger partial charge in [-0.15, -0.1) is 0 Å². The molecule has 1 aliphatic carbocycles. The van der Waals surface area contributed by atoms with Gasteiger partial charge in [0.05, 0.1) is 14.9 Å². The number of halogens is 4. The summed E-state index contributed by atoms with van der Waals surface area (Å²) in [5, 5.41) is 2.98. The molecule has 28 heavy (non-hydrogen) atoms. The van der Waals surface area contributed by atoms with Crippen LogP contribution in [0.2, 0.25) is 0 Å². The highest BCUT2D eigenvalue weighted by molar-refractivity contribution is 9.10. The van der Waals surface area contributed by atoms with Gasteiger partial charge in [0.25, 0.3) is 0 Å². The van der Waals surface area contributed by atoms with E-state index in [9.17, 15) is 13.6 Å². The van der Waals surface area contributed by atoms with Crippen LogP contribution >= 0.6 is 31.9 Å². The normalized spacial score (nSPS) is 21.5. The van der Waals surface area contributed by atoms with E-state index in [1.165, 1.54) is 12.1 Å². The number of hydrogen-bond donors (Lipinski definition) is 1. The molecule has 2 aromatic carbocycles. The van der Waals surface area contributed by atoms with Crippen molar-refractivity contribution in [2.45, 2.75) is 18.3 Å². The Morgan fingerprint density at radius 3 is 1.96 bits per heavy atom. The van der Waals surface area contributed by atoms with Crippen LogP contribution in [0.15, 0.2) is 45.3 Å². The van der Waals surface area contributed by atoms with Crippen LogP contribution in [0.3, 0.4) is 0 Å². The third kappa shape index (κ3) is 4.63. The van der Waals surface area contributed by atoms with E-state index in [4.69, 9.17) is 0 Å². The molecule has 3 nitrogen and oxygen atoms in total. The zero-order valence-corrected chi connectivity index (χ0v) is 18.9. The maximum atomic E-state index is 14.0. The summed E-state index contributed by atoms with van der Waals surface area (Å²) in [5.41, 5.74) is 1.59. The van der Waals surface area contributed by atoms with Gasteiger partial charge in [0, 0.05) is 13.1 Å². The zero-order chi connectivity index (χ0) is 20.4. The number of hydrogen-bond acceptors (Lipinski definition) is 2. The molecular weight excluding hydrogens is 494 g/mol. The van der Waals surface area contributed by atoms with Gasteiger partial charge >= 0.3 is 0 Å². The lowest BCUT2D eigenvalue weighted by Crippen LogP contribution is -2.46. The van der Waals surface area contributed by atoms with Crippen molar-refractivity contribution < 1.29 is 13.6 Å². The van der Waals surface area contributed by atoms with Gasteiger partial charge in [-0.25, -0.2) is 8.78 Å². The third-order valence-corrected chi connectivity index (χ3v) is 6.57. The highest BCUT2D eigenvalue weighted by atomic mass is 79.9. The van der Waals surface area contributed by atoms with Crippen molar-refractivity contribution in [1.29, 1.82) is 0 Å². The minimum absolute atomic E-state index is 0.0743. The Hall–Kier alpha value is -1.31. The topological polar surface area (TPSA) is 32.3 Å². The molecule has 1 aliphatic rings. The lowest BCUT2D eigenvalue weighted by Gasteiger charge is -2.44. The van der Waals surface area contributed by atoms with E-state index in [2.05, 4.69) is 37.2 Å². The van der Waals surface area contributed by atoms with Gasteiger partial charge in [0.1, 0.15) is 11.6 Å². The second-order valence-electron chi connectivity index (χ2n) is 7.42. The van der Waals surface area contributed by atoms with Crippen molar-refractivity contribution in [3.05, 3.63) is 68.1 Å². The molecule has 7 heteroatoms. The molecule has 0 bridgehead atoms. The molecule has 0 saturated heterocycles. The predicted octanol–water partition coefficient (Wildman–Crippen LogP) is 5.05. The summed E-state index contributed by atoms with van der Waals surface area (Å²) in [5.74, 6) is -1.32. The quantitative estimate of drug-likeness (QED) is 0.583. The van der Waals surface area contributed by atoms with Crippen molar-refractivity contribution in [3.8, 4) is 0 Å². The van der Waals surface area contributed by atoms with E-state index in [1.54, 1.807) is 12.1 Å². The van der Waals surface area contributed by atoms with Crippen LogP contribution in [0.5, 0.6) is 0 Å². The Morgan fingerprint density at radius 2 is 1.54 bits per heavy atom. The van der Waals surface area contributed by atoms with E-state index in [0.29, 0.717) is 21.9 Å². The van der Waals surface area contributed by atoms with E-state index in [1.807, 2.05) is 31.1 Å². The summed E-state index contributed by atoms with van der Waals surface area (Å²) in [6.45, 7) is 1.26. The number of benzene rings is 2. The lowest BCUT2D eigenvalue weighted by molar-refractivity contribution is -0.129. The van der Waals surface area contributed by atoms with Crippen molar-refractivity contribution in [2.24, 2.45) is 5.92 Å². The van der Waals surface area contributed by atoms with Gasteiger partial charge in [-0.05, 0) is 99.6 Å². The largest absolute Gasteiger partial charge is 0.355 e. The molecule has 3 atom stereocenters. The number of nitrogens with zero attached hydrogens (tertiary/aromatic N) is 1. The highest BCUT2D eigenvalue weighted by Gasteiger charge is 2.47. The summed E-state index contributed by atoms with van der Waals surface area (Å²) in [6, 6.07) is 9.98. The maximum Gasteiger partial charge on any atom is 0.224 e. The first-order valence-corrected chi connectivity index (χ1v) is 10.7. The van der Waals surface area contributed by atoms with Gasteiger partial charge in [-0.2, -0.15) is 0 Å². The Labute approximate surface area is 180 Å². The summed E-state index contributed by atoms with van der Waals surface area (Å²) < 4.78 is 28.9. The number of nitrogens with one attached hydrogen (secondary N) is 1. The summed E-state index contributed by atoms with van der Waals surface area (Å²) in [7, 11) is 3.88. The first kappa shape index (κ1) is 21.4. The SMILES string of the molecule is CN(C)CCNC(=O)C1[C@@H](c2ccc(Br)c(F)c2)C[C@H]1c1ccc(Br)c(F)c1. The van der Waals surface area contributed by atoms with Gasteiger partial charge in [-0.1, -0.05) is 12.1 Å². The molecule has 0 spiro atoms. The van der Waals surface area contributed by atoms with Gasteiger partial charge < -0.3 is 10.2 Å². The summed E-state index contributed by atoms with van der Waals surface area (Å²) >= 11 is 6.34. The minimum atomic E-state index is -0.358. The molecule has 0 aromatic heterocycles. The number of carbonyl (C=O) groups is 1. The van der Waals surface area contributed by atoms with Crippen molar-refractivity contribution in [2.75, 3.05) is 27.2 Å². The van der Waals surface area contributed by atoms with Crippen molar-refractivity contribution >= 4 is 37.8 Å². The van der Waals surface area contributed by atoms with Crippen molar-refractivity contribution in [1.82, 2.24) is 10.2 Å². The Kier molecular flexibility index (Phi) is 6.89.